The van der Waals surface area contributed by atoms with Crippen LogP contribution in [-0.4, -0.2) is 0 Å². The van der Waals surface area contributed by atoms with Crippen molar-refractivity contribution in [2.75, 3.05) is 5.73 Å². The summed E-state index contributed by atoms with van der Waals surface area (Å²) in [6.07, 6.45) is -9.44. The van der Waals surface area contributed by atoms with E-state index in [1.807, 2.05) is 0 Å². The van der Waals surface area contributed by atoms with Gasteiger partial charge in [-0.1, -0.05) is 0 Å². The van der Waals surface area contributed by atoms with E-state index in [0.29, 0.717) is 12.1 Å². The van der Waals surface area contributed by atoms with Gasteiger partial charge in [-0.05, 0) is 18.2 Å². The van der Waals surface area contributed by atoms with Gasteiger partial charge in [-0.25, -0.2) is 0 Å². The van der Waals surface area contributed by atoms with Crippen LogP contribution in [0.1, 0.15) is 11.1 Å². The van der Waals surface area contributed by atoms with Gasteiger partial charge in [-0.3, -0.25) is 0 Å². The van der Waals surface area contributed by atoms with E-state index in [-0.39, 0.29) is 6.07 Å². The van der Waals surface area contributed by atoms with Crippen molar-refractivity contribution in [2.45, 2.75) is 12.4 Å². The first-order valence-electron chi connectivity index (χ1n) is 3.66. The summed E-state index contributed by atoms with van der Waals surface area (Å²) in [6, 6.07) is 0.931. The molecule has 0 fully saturated rings. The topological polar surface area (TPSA) is 26.0 Å². The van der Waals surface area contributed by atoms with Gasteiger partial charge in [0, 0.05) is 5.69 Å². The molecule has 0 aliphatic carbocycles. The second-order valence-electron chi connectivity index (χ2n) is 2.80. The number of alkyl halides is 6. The van der Waals surface area contributed by atoms with Crippen LogP contribution in [-0.2, 0) is 12.4 Å². The normalized spacial score (nSPS) is 12.9. The minimum Gasteiger partial charge on any atom is -0.398 e. The minimum atomic E-state index is -4.74. The average molecular weight is 229 g/mol. The molecular weight excluding hydrogens is 224 g/mol. The zero-order chi connectivity index (χ0) is 11.9. The minimum absolute atomic E-state index is 0.267. The predicted octanol–water partition coefficient (Wildman–Crippen LogP) is 3.31. The number of benzene rings is 1. The van der Waals surface area contributed by atoms with Crippen molar-refractivity contribution in [2.24, 2.45) is 0 Å². The van der Waals surface area contributed by atoms with Crippen molar-refractivity contribution in [3.63, 3.8) is 0 Å². The summed E-state index contributed by atoms with van der Waals surface area (Å²) in [5.41, 5.74) is 1.48. The van der Waals surface area contributed by atoms with Gasteiger partial charge < -0.3 is 5.73 Å². The first-order chi connectivity index (χ1) is 6.62. The summed E-state index contributed by atoms with van der Waals surface area (Å²) in [5.74, 6) is 0. The molecule has 0 spiro atoms. The largest absolute Gasteiger partial charge is 0.418 e. The van der Waals surface area contributed by atoms with Crippen LogP contribution in [0.15, 0.2) is 18.2 Å². The molecule has 0 radical (unpaired) electrons. The van der Waals surface area contributed by atoms with E-state index in [1.165, 1.54) is 0 Å². The lowest BCUT2D eigenvalue weighted by Gasteiger charge is -2.12. The van der Waals surface area contributed by atoms with Crippen LogP contribution in [0, 0.1) is 0 Å². The molecule has 1 rings (SSSR count). The molecule has 1 aromatic carbocycles. The fourth-order valence-electron chi connectivity index (χ4n) is 0.997. The van der Waals surface area contributed by atoms with Crippen LogP contribution < -0.4 is 5.73 Å². The molecular formula is C8H5F6N. The van der Waals surface area contributed by atoms with Gasteiger partial charge in [0.2, 0.25) is 0 Å². The molecule has 0 amide bonds. The highest BCUT2D eigenvalue weighted by Gasteiger charge is 2.36. The molecule has 0 aromatic heterocycles. The lowest BCUT2D eigenvalue weighted by atomic mass is 10.1. The van der Waals surface area contributed by atoms with Gasteiger partial charge in [0.25, 0.3) is 0 Å². The molecule has 1 nitrogen and oxygen atoms in total. The number of rotatable bonds is 0. The number of nitrogens with two attached hydrogens (primary N) is 1. The zero-order valence-electron chi connectivity index (χ0n) is 7.08. The monoisotopic (exact) mass is 229 g/mol. The Morgan fingerprint density at radius 2 is 1.40 bits per heavy atom. The number of nitrogen functional groups attached to an aromatic ring is 1. The SMILES string of the molecule is Nc1cc(C(F)(F)F)ccc1C(F)(F)F. The van der Waals surface area contributed by atoms with Crippen LogP contribution in [0.3, 0.4) is 0 Å². The molecule has 0 atom stereocenters. The van der Waals surface area contributed by atoms with E-state index in [4.69, 9.17) is 5.73 Å². The second kappa shape index (κ2) is 3.32. The van der Waals surface area contributed by atoms with Crippen LogP contribution in [0.4, 0.5) is 32.0 Å². The molecule has 84 valence electrons. The summed E-state index contributed by atoms with van der Waals surface area (Å²) in [5, 5.41) is 0. The third-order valence-electron chi connectivity index (χ3n) is 1.68. The first-order valence-corrected chi connectivity index (χ1v) is 3.66. The first kappa shape index (κ1) is 11.7. The Morgan fingerprint density at radius 3 is 1.73 bits per heavy atom. The Labute approximate surface area is 80.5 Å². The molecule has 0 saturated carbocycles. The van der Waals surface area contributed by atoms with E-state index in [2.05, 4.69) is 0 Å². The van der Waals surface area contributed by atoms with Crippen molar-refractivity contribution in [1.82, 2.24) is 0 Å². The van der Waals surface area contributed by atoms with Crippen LogP contribution >= 0.6 is 0 Å². The molecule has 0 aliphatic heterocycles. The maximum Gasteiger partial charge on any atom is 0.418 e. The molecule has 0 unspecified atom stereocenters. The van der Waals surface area contributed by atoms with E-state index in [9.17, 15) is 26.3 Å². The third kappa shape index (κ3) is 2.54. The molecule has 0 aliphatic rings. The van der Waals surface area contributed by atoms with E-state index in [0.717, 1.165) is 0 Å². The number of halogens is 6. The van der Waals surface area contributed by atoms with E-state index >= 15 is 0 Å². The maximum atomic E-state index is 12.1. The van der Waals surface area contributed by atoms with Gasteiger partial charge in [0.1, 0.15) is 0 Å². The fourth-order valence-corrected chi connectivity index (χ4v) is 0.997. The molecule has 15 heavy (non-hydrogen) atoms. The summed E-state index contributed by atoms with van der Waals surface area (Å²) in [4.78, 5) is 0. The lowest BCUT2D eigenvalue weighted by Crippen LogP contribution is -2.12. The molecule has 0 saturated heterocycles. The lowest BCUT2D eigenvalue weighted by molar-refractivity contribution is -0.140. The Kier molecular flexibility index (Phi) is 2.58. The summed E-state index contributed by atoms with van der Waals surface area (Å²) < 4.78 is 72.5. The summed E-state index contributed by atoms with van der Waals surface area (Å²) >= 11 is 0. The van der Waals surface area contributed by atoms with Gasteiger partial charge in [0.15, 0.2) is 0 Å². The van der Waals surface area contributed by atoms with E-state index in [1.54, 1.807) is 0 Å². The predicted molar refractivity (Wildman–Crippen MR) is 40.9 cm³/mol. The highest BCUT2D eigenvalue weighted by Crippen LogP contribution is 2.37. The van der Waals surface area contributed by atoms with Crippen LogP contribution in [0.2, 0.25) is 0 Å². The Balaban J connectivity index is 3.21. The van der Waals surface area contributed by atoms with Gasteiger partial charge >= 0.3 is 12.4 Å². The number of hydrogen-bond acceptors (Lipinski definition) is 1. The number of hydrogen-bond donors (Lipinski definition) is 1. The summed E-state index contributed by atoms with van der Waals surface area (Å²) in [6.45, 7) is 0. The molecule has 0 bridgehead atoms. The Bertz CT molecular complexity index is 364. The maximum absolute atomic E-state index is 12.1. The highest BCUT2D eigenvalue weighted by atomic mass is 19.4. The quantitative estimate of drug-likeness (QED) is 0.536. The number of anilines is 1. The highest BCUT2D eigenvalue weighted by molar-refractivity contribution is 5.51. The Morgan fingerprint density at radius 1 is 0.867 bits per heavy atom. The van der Waals surface area contributed by atoms with Gasteiger partial charge in [-0.15, -0.1) is 0 Å². The fraction of sp³-hybridized carbons (Fsp3) is 0.250. The van der Waals surface area contributed by atoms with Crippen molar-refractivity contribution >= 4 is 5.69 Å². The molecule has 7 heteroatoms. The van der Waals surface area contributed by atoms with Crippen LogP contribution in [0.5, 0.6) is 0 Å². The molecule has 2 N–H and O–H groups in total. The summed E-state index contributed by atoms with van der Waals surface area (Å²) in [7, 11) is 0. The standard InChI is InChI=1S/C8H5F6N/c9-7(10,11)4-1-2-5(6(15)3-4)8(12,13)14/h1-3H,15H2. The van der Waals surface area contributed by atoms with Crippen molar-refractivity contribution in [1.29, 1.82) is 0 Å². The smallest absolute Gasteiger partial charge is 0.398 e. The van der Waals surface area contributed by atoms with Gasteiger partial charge in [0.05, 0.1) is 11.1 Å². The third-order valence-corrected chi connectivity index (χ3v) is 1.68. The second-order valence-corrected chi connectivity index (χ2v) is 2.80. The molecule has 1 aromatic rings. The Hall–Kier alpha value is -1.40. The average Bonchev–Trinajstić information content (AvgIpc) is 1.99. The van der Waals surface area contributed by atoms with Crippen molar-refractivity contribution in [3.8, 4) is 0 Å². The van der Waals surface area contributed by atoms with Crippen molar-refractivity contribution < 1.29 is 26.3 Å². The molecule has 0 heterocycles. The van der Waals surface area contributed by atoms with Gasteiger partial charge in [-0.2, -0.15) is 26.3 Å². The van der Waals surface area contributed by atoms with Crippen molar-refractivity contribution in [3.05, 3.63) is 29.3 Å². The zero-order valence-corrected chi connectivity index (χ0v) is 7.08. The van der Waals surface area contributed by atoms with E-state index < -0.39 is 29.2 Å². The van der Waals surface area contributed by atoms with Crippen LogP contribution in [0.25, 0.3) is 0 Å².